The number of nitrogens with zero attached hydrogens (tertiary/aromatic N) is 3. The number of ether oxygens (including phenoxy) is 2. The lowest BCUT2D eigenvalue weighted by atomic mass is 9.97. The molecular formula is C26H26ClN3O5. The first-order chi connectivity index (χ1) is 16.6. The lowest BCUT2D eigenvalue weighted by Gasteiger charge is -2.39. The van der Waals surface area contributed by atoms with Crippen molar-refractivity contribution in [3.63, 3.8) is 0 Å². The summed E-state index contributed by atoms with van der Waals surface area (Å²) in [6.07, 6.45) is -0.751. The molecule has 9 heteroatoms. The molecule has 35 heavy (non-hydrogen) atoms. The van der Waals surface area contributed by atoms with Crippen molar-refractivity contribution in [1.29, 1.82) is 0 Å². The Hall–Kier alpha value is -3.49. The molecule has 1 N–H and O–H groups in total. The number of halogens is 1. The summed E-state index contributed by atoms with van der Waals surface area (Å²) in [6.45, 7) is 4.33. The van der Waals surface area contributed by atoms with E-state index in [-0.39, 0.29) is 5.75 Å². The number of fused-ring (bicyclic) bond motifs is 3. The van der Waals surface area contributed by atoms with Gasteiger partial charge in [0.25, 0.3) is 5.56 Å². The number of hydrogen-bond acceptors (Lipinski definition) is 5. The molecule has 0 spiro atoms. The van der Waals surface area contributed by atoms with E-state index in [1.165, 1.54) is 18.7 Å². The zero-order valence-electron chi connectivity index (χ0n) is 20.1. The van der Waals surface area contributed by atoms with Crippen LogP contribution in [0.4, 0.5) is 0 Å². The Morgan fingerprint density at radius 2 is 1.77 bits per heavy atom. The lowest BCUT2D eigenvalue weighted by molar-refractivity contribution is -0.00810. The van der Waals surface area contributed by atoms with E-state index in [1.807, 2.05) is 26.0 Å². The quantitative estimate of drug-likeness (QED) is 0.465. The molecule has 3 heterocycles. The Labute approximate surface area is 206 Å². The third-order valence-electron chi connectivity index (χ3n) is 6.72. The fourth-order valence-electron chi connectivity index (χ4n) is 5.03. The lowest BCUT2D eigenvalue weighted by Crippen LogP contribution is -2.40. The summed E-state index contributed by atoms with van der Waals surface area (Å²) in [5, 5.41) is 12.0. The number of para-hydroxylation sites is 1. The van der Waals surface area contributed by atoms with Gasteiger partial charge in [-0.1, -0.05) is 35.9 Å². The van der Waals surface area contributed by atoms with Crippen molar-refractivity contribution in [2.45, 2.75) is 25.5 Å². The molecule has 2 aromatic carbocycles. The highest BCUT2D eigenvalue weighted by molar-refractivity contribution is 6.30. The predicted molar refractivity (Wildman–Crippen MR) is 135 cm³/mol. The van der Waals surface area contributed by atoms with Crippen LogP contribution in [0.25, 0.3) is 22.2 Å². The third kappa shape index (κ3) is 3.31. The summed E-state index contributed by atoms with van der Waals surface area (Å²) < 4.78 is 16.3. The van der Waals surface area contributed by atoms with Gasteiger partial charge in [0, 0.05) is 24.7 Å². The number of phenolic OH excluding ortho intramolecular Hbond substituents is 1. The Morgan fingerprint density at radius 3 is 2.43 bits per heavy atom. The summed E-state index contributed by atoms with van der Waals surface area (Å²) in [5.41, 5.74) is 1.58. The van der Waals surface area contributed by atoms with Crippen molar-refractivity contribution in [2.75, 3.05) is 13.7 Å². The van der Waals surface area contributed by atoms with Gasteiger partial charge in [-0.25, -0.2) is 4.79 Å². The molecule has 0 saturated heterocycles. The van der Waals surface area contributed by atoms with E-state index in [9.17, 15) is 14.7 Å². The number of aryl methyl sites for hydroxylation is 1. The number of methoxy groups -OCH3 is 1. The Kier molecular flexibility index (Phi) is 5.34. The topological polar surface area (TPSA) is 87.6 Å². The fourth-order valence-corrected chi connectivity index (χ4v) is 5.16. The average molecular weight is 496 g/mol. The monoisotopic (exact) mass is 495 g/mol. The largest absolute Gasteiger partial charge is 0.504 e. The molecule has 1 aliphatic heterocycles. The van der Waals surface area contributed by atoms with E-state index in [1.54, 1.807) is 37.4 Å². The van der Waals surface area contributed by atoms with Gasteiger partial charge in [-0.3, -0.25) is 13.9 Å². The van der Waals surface area contributed by atoms with Crippen LogP contribution in [0, 0.1) is 0 Å². The summed E-state index contributed by atoms with van der Waals surface area (Å²) >= 11 is 6.16. The molecule has 0 fully saturated rings. The van der Waals surface area contributed by atoms with Crippen molar-refractivity contribution in [3.8, 4) is 22.8 Å². The predicted octanol–water partition coefficient (Wildman–Crippen LogP) is 3.93. The van der Waals surface area contributed by atoms with E-state index in [0.29, 0.717) is 45.2 Å². The minimum atomic E-state index is -0.751. The molecule has 0 amide bonds. The molecule has 4 aromatic rings. The van der Waals surface area contributed by atoms with E-state index < -0.39 is 22.9 Å². The van der Waals surface area contributed by atoms with Crippen LogP contribution in [0.5, 0.6) is 11.5 Å². The highest BCUT2D eigenvalue weighted by Crippen LogP contribution is 2.48. The van der Waals surface area contributed by atoms with E-state index in [2.05, 4.69) is 4.57 Å². The maximum absolute atomic E-state index is 13.6. The second kappa shape index (κ2) is 8.03. The highest BCUT2D eigenvalue weighted by atomic mass is 35.5. The molecule has 1 aliphatic rings. The van der Waals surface area contributed by atoms with Gasteiger partial charge in [0.15, 0.2) is 11.5 Å². The smallest absolute Gasteiger partial charge is 0.331 e. The maximum atomic E-state index is 13.6. The Bertz CT molecular complexity index is 1600. The van der Waals surface area contributed by atoms with E-state index >= 15 is 0 Å². The van der Waals surface area contributed by atoms with Crippen LogP contribution in [0.3, 0.4) is 0 Å². The molecule has 0 radical (unpaired) electrons. The van der Waals surface area contributed by atoms with Crippen LogP contribution in [-0.2, 0) is 24.4 Å². The van der Waals surface area contributed by atoms with Crippen LogP contribution in [0.15, 0.2) is 52.1 Å². The standard InChI is InChI=1S/C26H26ClN3O5/c1-26(2)13-35-23(16-7-6-8-17(34-5)22(16)31)21-20-18(24(32)29(4)25(33)28(20)3)19(30(21)26)14-9-11-15(27)12-10-14/h6-12,23,31H,13H2,1-5H3. The van der Waals surface area contributed by atoms with Gasteiger partial charge in [-0.05, 0) is 37.6 Å². The van der Waals surface area contributed by atoms with Crippen LogP contribution < -0.4 is 16.0 Å². The fraction of sp³-hybridized carbons (Fsp3) is 0.308. The molecular weight excluding hydrogens is 470 g/mol. The van der Waals surface area contributed by atoms with E-state index in [0.717, 1.165) is 10.1 Å². The normalized spacial score (nSPS) is 16.9. The third-order valence-corrected chi connectivity index (χ3v) is 6.97. The number of benzene rings is 2. The summed E-state index contributed by atoms with van der Waals surface area (Å²) in [7, 11) is 4.59. The summed E-state index contributed by atoms with van der Waals surface area (Å²) in [6, 6.07) is 12.4. The zero-order chi connectivity index (χ0) is 25.2. The molecule has 8 nitrogen and oxygen atoms in total. The Balaban J connectivity index is 2.00. The van der Waals surface area contributed by atoms with Crippen LogP contribution in [-0.4, -0.2) is 32.5 Å². The molecule has 5 rings (SSSR count). The number of rotatable bonds is 3. The van der Waals surface area contributed by atoms with Gasteiger partial charge in [-0.2, -0.15) is 0 Å². The van der Waals surface area contributed by atoms with Gasteiger partial charge in [0.2, 0.25) is 0 Å². The first-order valence-corrected chi connectivity index (χ1v) is 11.5. The number of aromatic hydroxyl groups is 1. The second-order valence-electron chi connectivity index (χ2n) is 9.41. The molecule has 182 valence electrons. The SMILES string of the molecule is COc1cccc(C2OCC(C)(C)n3c(-c4ccc(Cl)cc4)c4c(=O)n(C)c(=O)n(C)c4c32)c1O. The minimum Gasteiger partial charge on any atom is -0.504 e. The van der Waals surface area contributed by atoms with Gasteiger partial charge in [0.1, 0.15) is 6.10 Å². The van der Waals surface area contributed by atoms with Crippen molar-refractivity contribution in [1.82, 2.24) is 13.7 Å². The van der Waals surface area contributed by atoms with Crippen molar-refractivity contribution in [3.05, 3.63) is 79.6 Å². The van der Waals surface area contributed by atoms with Crippen molar-refractivity contribution >= 4 is 22.5 Å². The number of hydrogen-bond donors (Lipinski definition) is 1. The highest BCUT2D eigenvalue weighted by Gasteiger charge is 2.41. The maximum Gasteiger partial charge on any atom is 0.331 e. The summed E-state index contributed by atoms with van der Waals surface area (Å²) in [4.78, 5) is 26.6. The van der Waals surface area contributed by atoms with E-state index in [4.69, 9.17) is 21.1 Å². The van der Waals surface area contributed by atoms with Gasteiger partial charge < -0.3 is 19.1 Å². The molecule has 1 unspecified atom stereocenters. The van der Waals surface area contributed by atoms with Crippen LogP contribution in [0.1, 0.15) is 31.2 Å². The minimum absolute atomic E-state index is 0.0533. The van der Waals surface area contributed by atoms with Gasteiger partial charge in [-0.15, -0.1) is 0 Å². The van der Waals surface area contributed by atoms with Crippen LogP contribution >= 0.6 is 11.6 Å². The average Bonchev–Trinajstić information content (AvgIpc) is 3.20. The summed E-state index contributed by atoms with van der Waals surface area (Å²) in [5.74, 6) is 0.253. The van der Waals surface area contributed by atoms with Gasteiger partial charge >= 0.3 is 5.69 Å². The van der Waals surface area contributed by atoms with Crippen molar-refractivity contribution < 1.29 is 14.6 Å². The first-order valence-electron chi connectivity index (χ1n) is 11.2. The first kappa shape index (κ1) is 23.3. The second-order valence-corrected chi connectivity index (χ2v) is 9.84. The Morgan fingerprint density at radius 1 is 1.09 bits per heavy atom. The van der Waals surface area contributed by atoms with Crippen LogP contribution in [0.2, 0.25) is 5.02 Å². The molecule has 1 atom stereocenters. The number of phenols is 1. The molecule has 0 bridgehead atoms. The molecule has 0 aliphatic carbocycles. The number of aromatic nitrogens is 3. The van der Waals surface area contributed by atoms with Crippen molar-refractivity contribution in [2.24, 2.45) is 14.1 Å². The zero-order valence-corrected chi connectivity index (χ0v) is 20.9. The van der Waals surface area contributed by atoms with Gasteiger partial charge in [0.05, 0.1) is 41.5 Å². The molecule has 2 aromatic heterocycles. The molecule has 0 saturated carbocycles.